The van der Waals surface area contributed by atoms with Gasteiger partial charge in [0.25, 0.3) is 0 Å². The van der Waals surface area contributed by atoms with E-state index >= 15 is 0 Å². The molecule has 2 aromatic rings. The third kappa shape index (κ3) is 4.13. The summed E-state index contributed by atoms with van der Waals surface area (Å²) in [6, 6.07) is 7.15. The van der Waals surface area contributed by atoms with E-state index in [1.54, 1.807) is 11.8 Å². The first-order valence-corrected chi connectivity index (χ1v) is 9.83. The van der Waals surface area contributed by atoms with Crippen LogP contribution in [0.15, 0.2) is 35.6 Å². The number of aryl methyl sites for hydroxylation is 1. The van der Waals surface area contributed by atoms with Crippen LogP contribution < -0.4 is 15.4 Å². The van der Waals surface area contributed by atoms with Crippen molar-refractivity contribution in [2.45, 2.75) is 37.2 Å². The van der Waals surface area contributed by atoms with E-state index in [-0.39, 0.29) is 12.1 Å². The Kier molecular flexibility index (Phi) is 5.31. The molecule has 7 nitrogen and oxygen atoms in total. The largest absolute Gasteiger partial charge is 0.489 e. The first-order valence-electron chi connectivity index (χ1n) is 8.85. The molecule has 3 heterocycles. The van der Waals surface area contributed by atoms with Crippen LogP contribution in [0.2, 0.25) is 0 Å². The molecule has 2 amide bonds. The number of aromatic nitrogens is 2. The number of nitrogens with one attached hydrogen (secondary N) is 2. The topological polar surface area (TPSA) is 77.4 Å². The Bertz CT molecular complexity index is 752. The predicted molar refractivity (Wildman–Crippen MR) is 99.7 cm³/mol. The fourth-order valence-electron chi connectivity index (χ4n) is 3.04. The summed E-state index contributed by atoms with van der Waals surface area (Å²) in [4.78, 5) is 16.7. The molecule has 1 aromatic heterocycles. The highest BCUT2D eigenvalue weighted by Crippen LogP contribution is 2.26. The zero-order valence-electron chi connectivity index (χ0n) is 14.4. The Labute approximate surface area is 156 Å². The second-order valence-electron chi connectivity index (χ2n) is 6.31. The molecule has 2 aliphatic heterocycles. The number of carbonyl (C=O) groups excluding carboxylic acids is 1. The van der Waals surface area contributed by atoms with Crippen molar-refractivity contribution < 1.29 is 14.3 Å². The minimum Gasteiger partial charge on any atom is -0.489 e. The molecule has 138 valence electrons. The maximum atomic E-state index is 12.2. The van der Waals surface area contributed by atoms with Gasteiger partial charge in [-0.05, 0) is 25.0 Å². The van der Waals surface area contributed by atoms with Gasteiger partial charge in [-0.3, -0.25) is 0 Å². The van der Waals surface area contributed by atoms with Gasteiger partial charge in [0.1, 0.15) is 12.4 Å². The number of fused-ring (bicyclic) bond motifs is 1. The maximum Gasteiger partial charge on any atom is 0.319 e. The number of ether oxygens (including phenoxy) is 2. The third-order valence-electron chi connectivity index (χ3n) is 4.37. The smallest absolute Gasteiger partial charge is 0.319 e. The van der Waals surface area contributed by atoms with Crippen molar-refractivity contribution in [3.8, 4) is 5.75 Å². The molecule has 0 spiro atoms. The minimum absolute atomic E-state index is 0.137. The van der Waals surface area contributed by atoms with Gasteiger partial charge in [0.2, 0.25) is 0 Å². The van der Waals surface area contributed by atoms with Gasteiger partial charge >= 0.3 is 6.03 Å². The fraction of sp³-hybridized carbons (Fsp3) is 0.444. The van der Waals surface area contributed by atoms with Crippen LogP contribution in [0.5, 0.6) is 5.75 Å². The van der Waals surface area contributed by atoms with E-state index in [1.807, 2.05) is 30.5 Å². The lowest BCUT2D eigenvalue weighted by Crippen LogP contribution is -2.28. The molecule has 4 rings (SSSR count). The average molecular weight is 374 g/mol. The van der Waals surface area contributed by atoms with Crippen molar-refractivity contribution in [3.63, 3.8) is 0 Å². The zero-order chi connectivity index (χ0) is 17.8. The Morgan fingerprint density at radius 2 is 2.35 bits per heavy atom. The molecule has 26 heavy (non-hydrogen) atoms. The molecule has 0 radical (unpaired) electrons. The van der Waals surface area contributed by atoms with Gasteiger partial charge in [-0.1, -0.05) is 23.9 Å². The summed E-state index contributed by atoms with van der Waals surface area (Å²) >= 11 is 1.74. The lowest BCUT2D eigenvalue weighted by Gasteiger charge is -2.15. The van der Waals surface area contributed by atoms with E-state index in [9.17, 15) is 4.79 Å². The van der Waals surface area contributed by atoms with Crippen LogP contribution in [0.4, 0.5) is 10.5 Å². The molecular formula is C18H22N4O3S. The highest BCUT2D eigenvalue weighted by molar-refractivity contribution is 7.99. The Morgan fingerprint density at radius 3 is 3.19 bits per heavy atom. The van der Waals surface area contributed by atoms with Gasteiger partial charge in [-0.15, -0.1) is 0 Å². The Morgan fingerprint density at radius 1 is 1.42 bits per heavy atom. The molecule has 2 N–H and O–H groups in total. The number of anilines is 1. The lowest BCUT2D eigenvalue weighted by atomic mass is 10.2. The molecule has 8 heteroatoms. The lowest BCUT2D eigenvalue weighted by molar-refractivity contribution is 0.0682. The second-order valence-corrected chi connectivity index (χ2v) is 7.37. The zero-order valence-corrected chi connectivity index (χ0v) is 15.3. The van der Waals surface area contributed by atoms with Crippen LogP contribution in [-0.2, 0) is 17.8 Å². The molecule has 1 saturated heterocycles. The summed E-state index contributed by atoms with van der Waals surface area (Å²) in [6.45, 7) is 2.67. The van der Waals surface area contributed by atoms with Crippen molar-refractivity contribution in [3.05, 3.63) is 36.2 Å². The number of hydrogen-bond donors (Lipinski definition) is 2. The molecule has 0 bridgehead atoms. The Hall–Kier alpha value is -2.19. The molecule has 0 saturated carbocycles. The molecule has 1 aromatic carbocycles. The van der Waals surface area contributed by atoms with Crippen molar-refractivity contribution >= 4 is 23.5 Å². The van der Waals surface area contributed by atoms with Gasteiger partial charge in [0.05, 0.1) is 24.0 Å². The van der Waals surface area contributed by atoms with Crippen molar-refractivity contribution in [1.29, 1.82) is 0 Å². The summed E-state index contributed by atoms with van der Waals surface area (Å²) in [6.07, 6.45) is 4.22. The molecule has 0 aliphatic carbocycles. The SMILES string of the molecule is O=C(NCc1cn2c(n1)SCC2)Nc1ccccc1OC[C@@H]1CCCO1. The van der Waals surface area contributed by atoms with Gasteiger partial charge in [-0.2, -0.15) is 0 Å². The molecule has 2 aliphatic rings. The predicted octanol–water partition coefficient (Wildman–Crippen LogP) is 2.87. The number of nitrogens with zero attached hydrogens (tertiary/aromatic N) is 2. The average Bonchev–Trinajstić information content (AvgIpc) is 3.36. The summed E-state index contributed by atoms with van der Waals surface area (Å²) in [5, 5.41) is 6.72. The van der Waals surface area contributed by atoms with Crippen LogP contribution in [0.3, 0.4) is 0 Å². The van der Waals surface area contributed by atoms with Crippen LogP contribution >= 0.6 is 11.8 Å². The molecular weight excluding hydrogens is 352 g/mol. The van der Waals surface area contributed by atoms with Crippen molar-refractivity contribution in [2.24, 2.45) is 0 Å². The highest BCUT2D eigenvalue weighted by atomic mass is 32.2. The molecule has 1 atom stereocenters. The maximum absolute atomic E-state index is 12.2. The normalized spacial score (nSPS) is 18.5. The number of hydrogen-bond acceptors (Lipinski definition) is 5. The van der Waals surface area contributed by atoms with E-state index in [4.69, 9.17) is 9.47 Å². The minimum atomic E-state index is -0.279. The van der Waals surface area contributed by atoms with Crippen molar-refractivity contribution in [1.82, 2.24) is 14.9 Å². The van der Waals surface area contributed by atoms with Gasteiger partial charge < -0.3 is 24.7 Å². The number of para-hydroxylation sites is 2. The van der Waals surface area contributed by atoms with Crippen LogP contribution in [-0.4, -0.2) is 40.7 Å². The number of amides is 2. The Balaban J connectivity index is 1.30. The van der Waals surface area contributed by atoms with Gasteiger partial charge in [-0.25, -0.2) is 9.78 Å². The number of rotatable bonds is 6. The van der Waals surface area contributed by atoms with Crippen molar-refractivity contribution in [2.75, 3.05) is 24.3 Å². The van der Waals surface area contributed by atoms with Crippen LogP contribution in [0, 0.1) is 0 Å². The van der Waals surface area contributed by atoms with E-state index < -0.39 is 0 Å². The van der Waals surface area contributed by atoms with E-state index in [1.165, 1.54) is 0 Å². The number of benzene rings is 1. The van der Waals surface area contributed by atoms with Crippen LogP contribution in [0.25, 0.3) is 0 Å². The van der Waals surface area contributed by atoms with Gasteiger partial charge in [0.15, 0.2) is 5.16 Å². The standard InChI is InChI=1S/C18H22N4O3S/c23-17(19-10-13-11-22-7-9-26-18(22)20-13)21-15-5-1-2-6-16(15)25-12-14-4-3-8-24-14/h1-2,5-6,11,14H,3-4,7-10,12H2,(H2,19,21,23)/t14-/m0/s1. The number of urea groups is 1. The number of imidazole rings is 1. The molecule has 1 fully saturated rings. The fourth-order valence-corrected chi connectivity index (χ4v) is 4.00. The number of carbonyl (C=O) groups is 1. The second kappa shape index (κ2) is 8.01. The van der Waals surface area contributed by atoms with Crippen LogP contribution in [0.1, 0.15) is 18.5 Å². The third-order valence-corrected chi connectivity index (χ3v) is 5.34. The van der Waals surface area contributed by atoms with E-state index in [2.05, 4.69) is 20.2 Å². The van der Waals surface area contributed by atoms with E-state index in [0.717, 1.165) is 42.6 Å². The summed E-state index contributed by atoms with van der Waals surface area (Å²) in [7, 11) is 0. The van der Waals surface area contributed by atoms with E-state index in [0.29, 0.717) is 24.6 Å². The van der Waals surface area contributed by atoms with Gasteiger partial charge in [0, 0.05) is 25.1 Å². The highest BCUT2D eigenvalue weighted by Gasteiger charge is 2.17. The molecule has 0 unspecified atom stereocenters. The monoisotopic (exact) mass is 374 g/mol. The first-order chi connectivity index (χ1) is 12.8. The summed E-state index contributed by atoms with van der Waals surface area (Å²) in [5.74, 6) is 1.72. The quantitative estimate of drug-likeness (QED) is 0.813. The summed E-state index contributed by atoms with van der Waals surface area (Å²) in [5.41, 5.74) is 1.51. The first kappa shape index (κ1) is 17.2. The summed E-state index contributed by atoms with van der Waals surface area (Å²) < 4.78 is 13.5. The number of thioether (sulfide) groups is 1.